The molecule has 90 valence electrons. The molecule has 0 fully saturated rings. The summed E-state index contributed by atoms with van der Waals surface area (Å²) in [5, 5.41) is 8.68. The van der Waals surface area contributed by atoms with Crippen LogP contribution in [0.4, 0.5) is 0 Å². The molecule has 1 aromatic rings. The Morgan fingerprint density at radius 1 is 1.47 bits per heavy atom. The second-order valence-corrected chi connectivity index (χ2v) is 4.01. The first-order valence-corrected chi connectivity index (χ1v) is 5.44. The van der Waals surface area contributed by atoms with Crippen molar-refractivity contribution in [1.82, 2.24) is 0 Å². The van der Waals surface area contributed by atoms with E-state index in [1.165, 1.54) is 0 Å². The lowest BCUT2D eigenvalue weighted by atomic mass is 9.95. The molecule has 0 aliphatic heterocycles. The molecule has 1 rings (SSSR count). The van der Waals surface area contributed by atoms with Crippen LogP contribution in [0.5, 0.6) is 0 Å². The summed E-state index contributed by atoms with van der Waals surface area (Å²) in [7, 11) is 0. The number of rotatable bonds is 5. The predicted octanol–water partition coefficient (Wildman–Crippen LogP) is 1.38. The number of amides is 1. The van der Waals surface area contributed by atoms with E-state index in [-0.39, 0.29) is 0 Å². The van der Waals surface area contributed by atoms with Crippen LogP contribution < -0.4 is 5.73 Å². The molecule has 1 amide bonds. The summed E-state index contributed by atoms with van der Waals surface area (Å²) >= 11 is 0. The van der Waals surface area contributed by atoms with Crippen LogP contribution in [-0.2, 0) is 16.0 Å². The summed E-state index contributed by atoms with van der Waals surface area (Å²) in [5.74, 6) is -0.483. The average molecular weight is 232 g/mol. The third-order valence-corrected chi connectivity index (χ3v) is 2.61. The molecule has 4 nitrogen and oxygen atoms in total. The SMILES string of the molecule is CCOC(C)(Cc1ccc(C#N)cc1)C(N)=O. The smallest absolute Gasteiger partial charge is 0.249 e. The first-order chi connectivity index (χ1) is 8.01. The van der Waals surface area contributed by atoms with Crippen molar-refractivity contribution in [2.75, 3.05) is 6.61 Å². The molecule has 0 aromatic heterocycles. The highest BCUT2D eigenvalue weighted by molar-refractivity contribution is 5.83. The number of nitriles is 1. The molecule has 0 saturated heterocycles. The summed E-state index contributed by atoms with van der Waals surface area (Å²) in [4.78, 5) is 11.4. The normalized spacial score (nSPS) is 13.7. The van der Waals surface area contributed by atoms with Gasteiger partial charge in [-0.2, -0.15) is 5.26 Å². The Bertz CT molecular complexity index is 434. The average Bonchev–Trinajstić information content (AvgIpc) is 2.30. The molecule has 17 heavy (non-hydrogen) atoms. The molecular weight excluding hydrogens is 216 g/mol. The number of nitrogens with two attached hydrogens (primary N) is 1. The van der Waals surface area contributed by atoms with Gasteiger partial charge in [0.1, 0.15) is 5.60 Å². The van der Waals surface area contributed by atoms with Crippen LogP contribution in [0.25, 0.3) is 0 Å². The Morgan fingerprint density at radius 2 is 2.06 bits per heavy atom. The summed E-state index contributed by atoms with van der Waals surface area (Å²) < 4.78 is 5.41. The molecule has 0 saturated carbocycles. The highest BCUT2D eigenvalue weighted by Crippen LogP contribution is 2.18. The van der Waals surface area contributed by atoms with Crippen LogP contribution in [0.3, 0.4) is 0 Å². The van der Waals surface area contributed by atoms with Crippen LogP contribution in [0.2, 0.25) is 0 Å². The van der Waals surface area contributed by atoms with Crippen molar-refractivity contribution < 1.29 is 9.53 Å². The van der Waals surface area contributed by atoms with Crippen molar-refractivity contribution in [3.63, 3.8) is 0 Å². The summed E-state index contributed by atoms with van der Waals surface area (Å²) in [5.41, 5.74) is 5.85. The fourth-order valence-electron chi connectivity index (χ4n) is 1.61. The number of hydrogen-bond donors (Lipinski definition) is 1. The first kappa shape index (κ1) is 13.2. The Kier molecular flexibility index (Phi) is 4.24. The van der Waals surface area contributed by atoms with Crippen molar-refractivity contribution in [2.45, 2.75) is 25.9 Å². The molecule has 0 aliphatic carbocycles. The van der Waals surface area contributed by atoms with Gasteiger partial charge in [0.2, 0.25) is 5.91 Å². The third kappa shape index (κ3) is 3.30. The van der Waals surface area contributed by atoms with Crippen LogP contribution in [0.1, 0.15) is 25.0 Å². The van der Waals surface area contributed by atoms with E-state index in [0.29, 0.717) is 18.6 Å². The highest BCUT2D eigenvalue weighted by Gasteiger charge is 2.31. The predicted molar refractivity (Wildman–Crippen MR) is 64.1 cm³/mol. The Hall–Kier alpha value is -1.86. The highest BCUT2D eigenvalue weighted by atomic mass is 16.5. The number of primary amides is 1. The molecule has 0 heterocycles. The van der Waals surface area contributed by atoms with E-state index in [1.54, 1.807) is 31.2 Å². The van der Waals surface area contributed by atoms with E-state index >= 15 is 0 Å². The zero-order valence-electron chi connectivity index (χ0n) is 10.1. The van der Waals surface area contributed by atoms with Gasteiger partial charge in [-0.25, -0.2) is 0 Å². The van der Waals surface area contributed by atoms with Gasteiger partial charge in [0.05, 0.1) is 11.6 Å². The molecule has 1 unspecified atom stereocenters. The van der Waals surface area contributed by atoms with Crippen molar-refractivity contribution in [3.05, 3.63) is 35.4 Å². The molecule has 0 aliphatic rings. The molecule has 1 atom stereocenters. The van der Waals surface area contributed by atoms with E-state index in [0.717, 1.165) is 5.56 Å². The summed E-state index contributed by atoms with van der Waals surface area (Å²) in [6, 6.07) is 9.07. The number of ether oxygens (including phenoxy) is 1. The van der Waals surface area contributed by atoms with Crippen molar-refractivity contribution in [1.29, 1.82) is 5.26 Å². The van der Waals surface area contributed by atoms with Gasteiger partial charge in [-0.15, -0.1) is 0 Å². The fraction of sp³-hybridized carbons (Fsp3) is 0.385. The first-order valence-electron chi connectivity index (χ1n) is 5.44. The van der Waals surface area contributed by atoms with E-state index in [4.69, 9.17) is 15.7 Å². The number of carbonyl (C=O) groups excluding carboxylic acids is 1. The van der Waals surface area contributed by atoms with E-state index < -0.39 is 11.5 Å². The van der Waals surface area contributed by atoms with Gasteiger partial charge in [-0.05, 0) is 31.5 Å². The van der Waals surface area contributed by atoms with Gasteiger partial charge in [-0.1, -0.05) is 12.1 Å². The lowest BCUT2D eigenvalue weighted by molar-refractivity contribution is -0.140. The monoisotopic (exact) mass is 232 g/mol. The zero-order valence-corrected chi connectivity index (χ0v) is 10.1. The van der Waals surface area contributed by atoms with Gasteiger partial charge < -0.3 is 10.5 Å². The maximum atomic E-state index is 11.4. The lowest BCUT2D eigenvalue weighted by Crippen LogP contribution is -2.45. The number of carbonyl (C=O) groups is 1. The van der Waals surface area contributed by atoms with Crippen molar-refractivity contribution >= 4 is 5.91 Å². The van der Waals surface area contributed by atoms with E-state index in [9.17, 15) is 4.79 Å². The number of nitrogens with zero attached hydrogens (tertiary/aromatic N) is 1. The molecule has 0 bridgehead atoms. The van der Waals surface area contributed by atoms with Gasteiger partial charge in [-0.3, -0.25) is 4.79 Å². The topological polar surface area (TPSA) is 76.1 Å². The molecule has 1 aromatic carbocycles. The zero-order chi connectivity index (χ0) is 12.9. The minimum atomic E-state index is -0.997. The number of hydrogen-bond acceptors (Lipinski definition) is 3. The van der Waals surface area contributed by atoms with Crippen LogP contribution in [0, 0.1) is 11.3 Å². The largest absolute Gasteiger partial charge is 0.367 e. The van der Waals surface area contributed by atoms with Crippen LogP contribution >= 0.6 is 0 Å². The molecule has 2 N–H and O–H groups in total. The summed E-state index contributed by atoms with van der Waals surface area (Å²) in [6.07, 6.45) is 0.405. The van der Waals surface area contributed by atoms with Crippen molar-refractivity contribution in [2.24, 2.45) is 5.73 Å². The van der Waals surface area contributed by atoms with Gasteiger partial charge >= 0.3 is 0 Å². The molecular formula is C13H16N2O2. The van der Waals surface area contributed by atoms with E-state index in [2.05, 4.69) is 0 Å². The van der Waals surface area contributed by atoms with Gasteiger partial charge in [0.25, 0.3) is 0 Å². The molecule has 0 spiro atoms. The van der Waals surface area contributed by atoms with Crippen LogP contribution in [0.15, 0.2) is 24.3 Å². The summed E-state index contributed by atoms with van der Waals surface area (Å²) in [6.45, 7) is 3.92. The second-order valence-electron chi connectivity index (χ2n) is 4.01. The maximum absolute atomic E-state index is 11.4. The Labute approximate surface area is 101 Å². The van der Waals surface area contributed by atoms with Crippen LogP contribution in [-0.4, -0.2) is 18.1 Å². The minimum Gasteiger partial charge on any atom is -0.367 e. The van der Waals surface area contributed by atoms with E-state index in [1.807, 2.05) is 13.0 Å². The fourth-order valence-corrected chi connectivity index (χ4v) is 1.61. The van der Waals surface area contributed by atoms with Crippen molar-refractivity contribution in [3.8, 4) is 6.07 Å². The third-order valence-electron chi connectivity index (χ3n) is 2.61. The number of benzene rings is 1. The maximum Gasteiger partial charge on any atom is 0.249 e. The van der Waals surface area contributed by atoms with Gasteiger partial charge in [0, 0.05) is 13.0 Å². The standard InChI is InChI=1S/C13H16N2O2/c1-3-17-13(2,12(15)16)8-10-4-6-11(9-14)7-5-10/h4-7H,3,8H2,1-2H3,(H2,15,16). The Balaban J connectivity index is 2.87. The lowest BCUT2D eigenvalue weighted by Gasteiger charge is -2.25. The molecule has 0 radical (unpaired) electrons. The quantitative estimate of drug-likeness (QED) is 0.833. The second kappa shape index (κ2) is 5.46. The minimum absolute atomic E-state index is 0.405. The van der Waals surface area contributed by atoms with Gasteiger partial charge in [0.15, 0.2) is 0 Å². The molecule has 4 heteroatoms. The Morgan fingerprint density at radius 3 is 2.47 bits per heavy atom.